The number of carbonyl (C=O) groups is 3. The number of halogens is 9. The molecule has 0 radical (unpaired) electrons. The van der Waals surface area contributed by atoms with Gasteiger partial charge in [-0.15, -0.1) is 23.2 Å². The van der Waals surface area contributed by atoms with Crippen molar-refractivity contribution in [1.29, 1.82) is 0 Å². The van der Waals surface area contributed by atoms with Gasteiger partial charge in [0.25, 0.3) is 5.91 Å². The molecule has 1 aliphatic carbocycles. The number of hydrogen-bond donors (Lipinski definition) is 3. The highest BCUT2D eigenvalue weighted by Crippen LogP contribution is 2.65. The number of carbonyl (C=O) groups excluding carboxylic acids is 3. The molecule has 3 N–H and O–H groups in total. The van der Waals surface area contributed by atoms with Crippen LogP contribution in [0.2, 0.25) is 5.02 Å². The Morgan fingerprint density at radius 2 is 1.59 bits per heavy atom. The standard InChI is InChI=1S/C29H22Cl3F6N3O3/c1-2-3-4-21(42)41-25-19(34)9-10-20(24(25)35)40-26(43)15-12-14(6-7-17(15)30)39-27(44)23-22(28(23,31)32)13-5-8-18(33)16(11-13)29(36,37)38/h5-12,22-23H,2-4H2,1H3,(H,39,44)(H,40,43)(H,41,42)/t22-,23?/m0/s1. The van der Waals surface area contributed by atoms with Crippen molar-refractivity contribution >= 4 is 69.6 Å². The number of alkyl halides is 5. The zero-order chi connectivity index (χ0) is 32.6. The zero-order valence-corrected chi connectivity index (χ0v) is 24.8. The molecule has 3 aromatic rings. The van der Waals surface area contributed by atoms with Gasteiger partial charge in [0, 0.05) is 18.0 Å². The van der Waals surface area contributed by atoms with E-state index in [1.54, 1.807) is 0 Å². The van der Waals surface area contributed by atoms with Gasteiger partial charge >= 0.3 is 6.18 Å². The first-order valence-electron chi connectivity index (χ1n) is 13.0. The molecule has 3 aromatic carbocycles. The third-order valence-electron chi connectivity index (χ3n) is 6.83. The molecule has 4 rings (SSSR count). The lowest BCUT2D eigenvalue weighted by Crippen LogP contribution is -2.19. The first-order chi connectivity index (χ1) is 20.6. The van der Waals surface area contributed by atoms with Crippen LogP contribution in [0.3, 0.4) is 0 Å². The van der Waals surface area contributed by atoms with Gasteiger partial charge < -0.3 is 16.0 Å². The average molecular weight is 681 g/mol. The summed E-state index contributed by atoms with van der Waals surface area (Å²) in [6.07, 6.45) is -3.77. The maximum absolute atomic E-state index is 15.0. The second kappa shape index (κ2) is 12.9. The molecule has 0 bridgehead atoms. The molecular formula is C29H22Cl3F6N3O3. The number of hydrogen-bond acceptors (Lipinski definition) is 3. The van der Waals surface area contributed by atoms with E-state index in [9.17, 15) is 36.3 Å². The van der Waals surface area contributed by atoms with Crippen molar-refractivity contribution in [2.75, 3.05) is 16.0 Å². The molecule has 2 atom stereocenters. The predicted octanol–water partition coefficient (Wildman–Crippen LogP) is 8.68. The highest BCUT2D eigenvalue weighted by atomic mass is 35.5. The summed E-state index contributed by atoms with van der Waals surface area (Å²) in [6.45, 7) is 1.84. The lowest BCUT2D eigenvalue weighted by Gasteiger charge is -2.13. The molecule has 44 heavy (non-hydrogen) atoms. The van der Waals surface area contributed by atoms with Crippen molar-refractivity contribution in [1.82, 2.24) is 0 Å². The van der Waals surface area contributed by atoms with Crippen molar-refractivity contribution in [3.8, 4) is 0 Å². The largest absolute Gasteiger partial charge is 0.419 e. The Labute approximate surface area is 262 Å². The quantitative estimate of drug-likeness (QED) is 0.156. The fourth-order valence-electron chi connectivity index (χ4n) is 4.51. The summed E-state index contributed by atoms with van der Waals surface area (Å²) < 4.78 is 80.8. The van der Waals surface area contributed by atoms with Crippen LogP contribution in [0.4, 0.5) is 43.4 Å². The predicted molar refractivity (Wildman–Crippen MR) is 155 cm³/mol. The summed E-state index contributed by atoms with van der Waals surface area (Å²) in [5, 5.41) is 6.73. The number of unbranched alkanes of at least 4 members (excludes halogenated alkanes) is 1. The normalized spacial score (nSPS) is 17.1. The lowest BCUT2D eigenvalue weighted by molar-refractivity contribution is -0.140. The van der Waals surface area contributed by atoms with Crippen LogP contribution in [0, 0.1) is 23.4 Å². The van der Waals surface area contributed by atoms with Gasteiger partial charge in [-0.25, -0.2) is 13.2 Å². The van der Waals surface area contributed by atoms with Crippen LogP contribution in [0.15, 0.2) is 48.5 Å². The highest BCUT2D eigenvalue weighted by molar-refractivity contribution is 6.53. The van der Waals surface area contributed by atoms with E-state index in [0.29, 0.717) is 25.0 Å². The zero-order valence-electron chi connectivity index (χ0n) is 22.5. The molecule has 6 nitrogen and oxygen atoms in total. The fourth-order valence-corrected chi connectivity index (χ4v) is 5.54. The van der Waals surface area contributed by atoms with E-state index in [2.05, 4.69) is 16.0 Å². The molecule has 1 unspecified atom stereocenters. The molecule has 1 fully saturated rings. The summed E-state index contributed by atoms with van der Waals surface area (Å²) in [6, 6.07) is 7.65. The number of nitrogens with one attached hydrogen (secondary N) is 3. The Morgan fingerprint density at radius 1 is 0.909 bits per heavy atom. The van der Waals surface area contributed by atoms with E-state index in [0.717, 1.165) is 24.3 Å². The first-order valence-corrected chi connectivity index (χ1v) is 14.1. The van der Waals surface area contributed by atoms with Crippen molar-refractivity contribution in [2.45, 2.75) is 42.6 Å². The van der Waals surface area contributed by atoms with Crippen LogP contribution in [-0.2, 0) is 15.8 Å². The lowest BCUT2D eigenvalue weighted by atomic mass is 10.0. The molecule has 0 heterocycles. The maximum Gasteiger partial charge on any atom is 0.419 e. The molecule has 0 aromatic heterocycles. The fraction of sp³-hybridized carbons (Fsp3) is 0.276. The first kappa shape index (κ1) is 33.4. The number of rotatable bonds is 9. The smallest absolute Gasteiger partial charge is 0.326 e. The van der Waals surface area contributed by atoms with Crippen molar-refractivity contribution in [3.63, 3.8) is 0 Å². The van der Waals surface area contributed by atoms with Gasteiger partial charge in [0.05, 0.1) is 27.8 Å². The van der Waals surface area contributed by atoms with Gasteiger partial charge in [-0.3, -0.25) is 14.4 Å². The molecule has 0 spiro atoms. The van der Waals surface area contributed by atoms with E-state index in [4.69, 9.17) is 34.8 Å². The molecule has 234 valence electrons. The maximum atomic E-state index is 15.0. The van der Waals surface area contributed by atoms with E-state index in [1.807, 2.05) is 6.92 Å². The third-order valence-corrected chi connectivity index (χ3v) is 8.10. The van der Waals surface area contributed by atoms with Crippen LogP contribution in [0.5, 0.6) is 0 Å². The third kappa shape index (κ3) is 7.08. The topological polar surface area (TPSA) is 87.3 Å². The second-order valence-electron chi connectivity index (χ2n) is 9.94. The van der Waals surface area contributed by atoms with Crippen LogP contribution >= 0.6 is 34.8 Å². The molecule has 1 saturated carbocycles. The Hall–Kier alpha value is -3.48. The molecule has 3 amide bonds. The van der Waals surface area contributed by atoms with Crippen LogP contribution in [0.25, 0.3) is 0 Å². The molecule has 0 saturated heterocycles. The van der Waals surface area contributed by atoms with Gasteiger partial charge in [-0.1, -0.05) is 31.0 Å². The summed E-state index contributed by atoms with van der Waals surface area (Å²) >= 11 is 18.6. The Balaban J connectivity index is 1.51. The molecule has 1 aliphatic rings. The van der Waals surface area contributed by atoms with Crippen molar-refractivity contribution in [2.24, 2.45) is 5.92 Å². The van der Waals surface area contributed by atoms with Gasteiger partial charge in [-0.05, 0) is 54.4 Å². The van der Waals surface area contributed by atoms with E-state index in [-0.39, 0.29) is 28.3 Å². The van der Waals surface area contributed by atoms with Crippen molar-refractivity contribution < 1.29 is 40.7 Å². The monoisotopic (exact) mass is 679 g/mol. The summed E-state index contributed by atoms with van der Waals surface area (Å²) in [5.74, 6) is -8.55. The Morgan fingerprint density at radius 3 is 2.25 bits per heavy atom. The average Bonchev–Trinajstić information content (AvgIpc) is 3.53. The Kier molecular flexibility index (Phi) is 9.77. The number of benzene rings is 3. The highest BCUT2D eigenvalue weighted by Gasteiger charge is 2.67. The van der Waals surface area contributed by atoms with Crippen LogP contribution in [0.1, 0.15) is 53.6 Å². The van der Waals surface area contributed by atoms with E-state index in [1.165, 1.54) is 12.1 Å². The van der Waals surface area contributed by atoms with Crippen LogP contribution < -0.4 is 16.0 Å². The molecule has 0 aliphatic heterocycles. The van der Waals surface area contributed by atoms with Crippen LogP contribution in [-0.4, -0.2) is 22.1 Å². The molecule has 15 heteroatoms. The van der Waals surface area contributed by atoms with Gasteiger partial charge in [-0.2, -0.15) is 13.2 Å². The minimum Gasteiger partial charge on any atom is -0.326 e. The minimum atomic E-state index is -4.99. The summed E-state index contributed by atoms with van der Waals surface area (Å²) in [7, 11) is 0. The number of anilines is 3. The van der Waals surface area contributed by atoms with Gasteiger partial charge in [0.15, 0.2) is 5.82 Å². The van der Waals surface area contributed by atoms with Gasteiger partial charge in [0.2, 0.25) is 11.8 Å². The van der Waals surface area contributed by atoms with Gasteiger partial charge in [0.1, 0.15) is 21.7 Å². The molecular weight excluding hydrogens is 659 g/mol. The summed E-state index contributed by atoms with van der Waals surface area (Å²) in [4.78, 5) is 38.0. The summed E-state index contributed by atoms with van der Waals surface area (Å²) in [5.41, 5.74) is -3.11. The minimum absolute atomic E-state index is 0.00197. The van der Waals surface area contributed by atoms with E-state index < -0.39 is 74.5 Å². The SMILES string of the molecule is CCCCC(=O)Nc1c(F)ccc(NC(=O)c2cc(NC(=O)C3[C@H](c4ccc(F)c(C(F)(F)F)c4)C3(Cl)Cl)ccc2Cl)c1F. The second-order valence-corrected chi connectivity index (χ2v) is 11.8. The number of amides is 3. The Bertz CT molecular complexity index is 1630. The van der Waals surface area contributed by atoms with Crippen molar-refractivity contribution in [3.05, 3.63) is 87.7 Å². The van der Waals surface area contributed by atoms with E-state index >= 15 is 4.39 Å².